The van der Waals surface area contributed by atoms with Gasteiger partial charge in [0.05, 0.1) is 11.8 Å². The molecule has 1 aromatic carbocycles. The molecule has 34 heavy (non-hydrogen) atoms. The van der Waals surface area contributed by atoms with Crippen LogP contribution in [0.4, 0.5) is 10.5 Å². The van der Waals surface area contributed by atoms with E-state index in [4.69, 9.17) is 32.2 Å². The molecule has 2 atom stereocenters. The van der Waals surface area contributed by atoms with E-state index < -0.39 is 5.92 Å². The summed E-state index contributed by atoms with van der Waals surface area (Å²) in [5.74, 6) is -0.694. The second-order valence-corrected chi connectivity index (χ2v) is 9.44. The van der Waals surface area contributed by atoms with Gasteiger partial charge in [-0.25, -0.2) is 10.2 Å². The number of amidine groups is 1. The molecule has 3 rings (SSSR count). The fourth-order valence-corrected chi connectivity index (χ4v) is 4.39. The van der Waals surface area contributed by atoms with E-state index in [0.29, 0.717) is 49.9 Å². The van der Waals surface area contributed by atoms with Crippen molar-refractivity contribution in [2.24, 2.45) is 16.6 Å². The molecule has 0 aliphatic carbocycles. The first-order chi connectivity index (χ1) is 16.0. The van der Waals surface area contributed by atoms with E-state index in [0.717, 1.165) is 11.1 Å². The highest BCUT2D eigenvalue weighted by atomic mass is 35.5. The minimum absolute atomic E-state index is 0.0207. The summed E-state index contributed by atoms with van der Waals surface area (Å²) in [7, 11) is 0. The standard InChI is InChI=1S/C23H33ClN6O4/c1-13(2)33-23(32)30-8-7-29(11-14(30)3)12-16-9-17(24)10-19(15(16)4)28-22(26)34-20(25)18-5-6-27-21(18)31/h9-10,13-14,18,25H,5-8,11-12H2,1-4H3,(H2,26,28)(H,27,31)/p+1/t14-,18?/m0/s1. The quantitative estimate of drug-likeness (QED) is 0.413. The number of ether oxygens (including phenoxy) is 2. The van der Waals surface area contributed by atoms with Crippen LogP contribution in [0.2, 0.25) is 5.02 Å². The number of carbonyl (C=O) groups excluding carboxylic acids is 2. The number of nitrogens with two attached hydrogens (primary N) is 2. The molecule has 0 radical (unpaired) electrons. The molecule has 2 heterocycles. The summed E-state index contributed by atoms with van der Waals surface area (Å²) in [5, 5.41) is 9.15. The molecule has 5 N–H and O–H groups in total. The third-order valence-corrected chi connectivity index (χ3v) is 6.19. The molecule has 2 saturated heterocycles. The highest BCUT2D eigenvalue weighted by molar-refractivity contribution is 6.31. The molecule has 2 amide bonds. The van der Waals surface area contributed by atoms with Crippen molar-refractivity contribution in [1.82, 2.24) is 15.1 Å². The molecule has 1 unspecified atom stereocenters. The molecule has 1 aromatic rings. The molecular formula is C23H34ClN6O4+. The van der Waals surface area contributed by atoms with Crippen LogP contribution in [0.15, 0.2) is 17.1 Å². The summed E-state index contributed by atoms with van der Waals surface area (Å²) in [6, 6.07) is 3.48. The first-order valence-electron chi connectivity index (χ1n) is 11.5. The number of aliphatic imine (C=N–C) groups is 1. The summed E-state index contributed by atoms with van der Waals surface area (Å²) in [5.41, 5.74) is 8.43. The van der Waals surface area contributed by atoms with Crippen molar-refractivity contribution in [2.75, 3.05) is 26.2 Å². The van der Waals surface area contributed by atoms with Crippen molar-refractivity contribution < 1.29 is 24.5 Å². The van der Waals surface area contributed by atoms with E-state index in [1.165, 1.54) is 0 Å². The molecule has 10 nitrogen and oxygen atoms in total. The minimum Gasteiger partial charge on any atom is -0.447 e. The number of hydrogen-bond donors (Lipinski definition) is 3. The Labute approximate surface area is 204 Å². The Kier molecular flexibility index (Phi) is 8.37. The summed E-state index contributed by atoms with van der Waals surface area (Å²) in [4.78, 5) is 32.5. The third-order valence-electron chi connectivity index (χ3n) is 5.97. The van der Waals surface area contributed by atoms with Crippen LogP contribution < -0.4 is 16.5 Å². The fourth-order valence-electron chi connectivity index (χ4n) is 4.16. The second kappa shape index (κ2) is 11.1. The maximum atomic E-state index is 12.3. The minimum atomic E-state index is -0.539. The van der Waals surface area contributed by atoms with Gasteiger partial charge in [-0.1, -0.05) is 11.6 Å². The lowest BCUT2D eigenvalue weighted by molar-refractivity contribution is -0.144. The SMILES string of the molecule is Cc1c(CN2CCN(C(=O)OC(C)C)[C@@H](C)C2)cc(Cl)cc1N=C(N)OC(=[NH2+])C1CCNC1=O. The van der Waals surface area contributed by atoms with E-state index >= 15 is 0 Å². The zero-order chi connectivity index (χ0) is 25.0. The Morgan fingerprint density at radius 2 is 2.12 bits per heavy atom. The normalized spacial score (nSPS) is 21.5. The van der Waals surface area contributed by atoms with Crippen LogP contribution in [0, 0.1) is 12.8 Å². The van der Waals surface area contributed by atoms with E-state index in [1.807, 2.05) is 33.8 Å². The van der Waals surface area contributed by atoms with Gasteiger partial charge in [0.15, 0.2) is 5.92 Å². The number of nitrogens with zero attached hydrogens (tertiary/aromatic N) is 3. The molecule has 0 bridgehead atoms. The first-order valence-corrected chi connectivity index (χ1v) is 11.8. The van der Waals surface area contributed by atoms with Gasteiger partial charge < -0.3 is 25.4 Å². The Morgan fingerprint density at radius 1 is 1.38 bits per heavy atom. The van der Waals surface area contributed by atoms with Crippen LogP contribution in [0.1, 0.15) is 38.3 Å². The van der Waals surface area contributed by atoms with Crippen LogP contribution in [-0.4, -0.2) is 72.0 Å². The van der Waals surface area contributed by atoms with Crippen molar-refractivity contribution in [2.45, 2.75) is 52.8 Å². The van der Waals surface area contributed by atoms with Crippen LogP contribution >= 0.6 is 11.6 Å². The van der Waals surface area contributed by atoms with Gasteiger partial charge in [-0.05, 0) is 57.4 Å². The van der Waals surface area contributed by atoms with Crippen LogP contribution in [0.25, 0.3) is 0 Å². The summed E-state index contributed by atoms with van der Waals surface area (Å²) in [6.07, 6.45) is 0.129. The zero-order valence-electron chi connectivity index (χ0n) is 20.1. The third kappa shape index (κ3) is 6.38. The number of benzene rings is 1. The van der Waals surface area contributed by atoms with Crippen LogP contribution in [-0.2, 0) is 20.8 Å². The zero-order valence-corrected chi connectivity index (χ0v) is 20.9. The number of nitrogens with one attached hydrogen (secondary N) is 1. The largest absolute Gasteiger partial charge is 0.447 e. The Hall–Kier alpha value is -2.85. The lowest BCUT2D eigenvalue weighted by atomic mass is 10.1. The Morgan fingerprint density at radius 3 is 2.74 bits per heavy atom. The summed E-state index contributed by atoms with van der Waals surface area (Å²) in [6.45, 7) is 10.8. The van der Waals surface area contributed by atoms with Gasteiger partial charge >= 0.3 is 12.0 Å². The molecule has 2 aliphatic rings. The van der Waals surface area contributed by atoms with Gasteiger partial charge in [0.1, 0.15) is 0 Å². The first kappa shape index (κ1) is 25.8. The van der Waals surface area contributed by atoms with Crippen molar-refractivity contribution in [1.29, 1.82) is 0 Å². The van der Waals surface area contributed by atoms with Crippen LogP contribution in [0.3, 0.4) is 0 Å². The Balaban J connectivity index is 1.67. The van der Waals surface area contributed by atoms with Gasteiger partial charge in [0.2, 0.25) is 5.91 Å². The molecule has 2 fully saturated rings. The number of rotatable bonds is 5. The van der Waals surface area contributed by atoms with E-state index in [9.17, 15) is 9.59 Å². The van der Waals surface area contributed by atoms with E-state index in [2.05, 4.69) is 15.2 Å². The molecule has 11 heteroatoms. The number of halogens is 1. The van der Waals surface area contributed by atoms with Crippen molar-refractivity contribution in [3.63, 3.8) is 0 Å². The molecule has 2 aliphatic heterocycles. The molecule has 186 valence electrons. The van der Waals surface area contributed by atoms with Crippen molar-refractivity contribution >= 4 is 41.2 Å². The van der Waals surface area contributed by atoms with Gasteiger partial charge in [0.25, 0.3) is 6.02 Å². The second-order valence-electron chi connectivity index (χ2n) is 9.01. The van der Waals surface area contributed by atoms with Crippen molar-refractivity contribution in [3.8, 4) is 0 Å². The number of piperazine rings is 1. The van der Waals surface area contributed by atoms with Gasteiger partial charge in [-0.3, -0.25) is 9.69 Å². The molecule has 0 saturated carbocycles. The van der Waals surface area contributed by atoms with E-state index in [-0.39, 0.29) is 36.1 Å². The van der Waals surface area contributed by atoms with E-state index in [1.54, 1.807) is 11.0 Å². The highest BCUT2D eigenvalue weighted by Crippen LogP contribution is 2.29. The maximum absolute atomic E-state index is 12.3. The maximum Gasteiger partial charge on any atom is 0.410 e. The number of carbonyl (C=O) groups is 2. The smallest absolute Gasteiger partial charge is 0.410 e. The molecular weight excluding hydrogens is 460 g/mol. The fraction of sp³-hybridized carbons (Fsp3) is 0.565. The predicted octanol–water partition coefficient (Wildman–Crippen LogP) is 0.956. The van der Waals surface area contributed by atoms with Gasteiger partial charge in [0, 0.05) is 43.8 Å². The number of hydrogen-bond acceptors (Lipinski definition) is 6. The molecule has 0 spiro atoms. The number of amides is 2. The molecule has 0 aromatic heterocycles. The summed E-state index contributed by atoms with van der Waals surface area (Å²) >= 11 is 6.37. The average Bonchev–Trinajstić information content (AvgIpc) is 3.17. The highest BCUT2D eigenvalue weighted by Gasteiger charge is 2.34. The summed E-state index contributed by atoms with van der Waals surface area (Å²) < 4.78 is 10.8. The topological polar surface area (TPSA) is 135 Å². The van der Waals surface area contributed by atoms with Crippen LogP contribution in [0.5, 0.6) is 0 Å². The lowest BCUT2D eigenvalue weighted by Gasteiger charge is -2.39. The van der Waals surface area contributed by atoms with Gasteiger partial charge in [-0.2, -0.15) is 4.99 Å². The Bertz CT molecular complexity index is 982. The predicted molar refractivity (Wildman–Crippen MR) is 130 cm³/mol. The van der Waals surface area contributed by atoms with Gasteiger partial charge in [-0.15, -0.1) is 0 Å². The van der Waals surface area contributed by atoms with Crippen molar-refractivity contribution in [3.05, 3.63) is 28.3 Å². The lowest BCUT2D eigenvalue weighted by Crippen LogP contribution is -2.54. The average molecular weight is 494 g/mol. The monoisotopic (exact) mass is 493 g/mol.